The lowest BCUT2D eigenvalue weighted by Crippen LogP contribution is -2.59. The number of phenols is 1. The van der Waals surface area contributed by atoms with Crippen molar-refractivity contribution in [2.75, 3.05) is 13.1 Å². The van der Waals surface area contributed by atoms with Crippen LogP contribution in [0.2, 0.25) is 0 Å². The van der Waals surface area contributed by atoms with Gasteiger partial charge in [-0.05, 0) is 68.7 Å². The zero-order valence-electron chi connectivity index (χ0n) is 32.6. The number of aliphatic imine (C=N–C) groups is 1. The molecule has 4 amide bonds. The predicted octanol–water partition coefficient (Wildman–Crippen LogP) is -1.83. The van der Waals surface area contributed by atoms with E-state index < -0.39 is 90.1 Å². The fraction of sp³-hybridized carbons (Fsp3) is 0.571. The van der Waals surface area contributed by atoms with Crippen LogP contribution in [0.3, 0.4) is 0 Å². The first-order valence-corrected chi connectivity index (χ1v) is 17.9. The van der Waals surface area contributed by atoms with Gasteiger partial charge in [-0.25, -0.2) is 4.79 Å². The zero-order valence-corrected chi connectivity index (χ0v) is 32.6. The van der Waals surface area contributed by atoms with Crippen LogP contribution in [0.1, 0.15) is 78.2 Å². The molecule has 0 radical (unpaired) electrons. The number of aromatic hydroxyl groups is 1. The van der Waals surface area contributed by atoms with Gasteiger partial charge in [0.1, 0.15) is 29.9 Å². The zero-order chi connectivity index (χ0) is 44.2. The van der Waals surface area contributed by atoms with Crippen molar-refractivity contribution in [1.82, 2.24) is 21.3 Å². The van der Waals surface area contributed by atoms with Crippen LogP contribution >= 0.6 is 0 Å². The molecule has 0 saturated heterocycles. The number of carbonyl (C=O) groups is 8. The number of hydrogen-bond acceptors (Lipinski definition) is 12. The average Bonchev–Trinajstić information content (AvgIpc) is 3.09. The Morgan fingerprint density at radius 2 is 1.18 bits per heavy atom. The third-order valence-electron chi connectivity index (χ3n) is 7.40. The number of nitrogens with zero attached hydrogens (tertiary/aromatic N) is 1. The third-order valence-corrected chi connectivity index (χ3v) is 7.40. The lowest BCUT2D eigenvalue weighted by Gasteiger charge is -2.28. The summed E-state index contributed by atoms with van der Waals surface area (Å²) in [5, 5.41) is 53.4. The summed E-state index contributed by atoms with van der Waals surface area (Å²) in [6, 6.07) is -0.484. The molecule has 0 heterocycles. The van der Waals surface area contributed by atoms with Gasteiger partial charge in [0.05, 0.1) is 6.04 Å². The molecule has 0 aliphatic heterocycles. The van der Waals surface area contributed by atoms with Crippen LogP contribution in [0.25, 0.3) is 0 Å². The highest BCUT2D eigenvalue weighted by atomic mass is 16.4. The Labute approximate surface area is 330 Å². The molecular weight excluding hydrogens is 754 g/mol. The second-order valence-corrected chi connectivity index (χ2v) is 12.9. The summed E-state index contributed by atoms with van der Waals surface area (Å²) in [6.07, 6.45) is 0.711. The van der Waals surface area contributed by atoms with Crippen molar-refractivity contribution in [3.05, 3.63) is 29.8 Å². The number of guanidine groups is 1. The van der Waals surface area contributed by atoms with Crippen molar-refractivity contribution in [1.29, 1.82) is 0 Å². The number of aliphatic carboxylic acids is 4. The van der Waals surface area contributed by atoms with Gasteiger partial charge < -0.3 is 69.7 Å². The summed E-state index contributed by atoms with van der Waals surface area (Å²) in [5.41, 5.74) is 22.7. The van der Waals surface area contributed by atoms with Crippen molar-refractivity contribution >= 4 is 53.5 Å². The minimum Gasteiger partial charge on any atom is -0.508 e. The second-order valence-electron chi connectivity index (χ2n) is 12.9. The molecule has 322 valence electrons. The number of carboxylic acid groups (broad SMARTS) is 4. The highest BCUT2D eigenvalue weighted by Gasteiger charge is 2.33. The highest BCUT2D eigenvalue weighted by molar-refractivity contribution is 5.95. The molecule has 0 aliphatic carbocycles. The number of rotatable bonds is 23. The normalized spacial score (nSPS) is 12.9. The van der Waals surface area contributed by atoms with Gasteiger partial charge >= 0.3 is 11.9 Å². The molecule has 1 aromatic carbocycles. The van der Waals surface area contributed by atoms with Gasteiger partial charge in [0.15, 0.2) is 5.96 Å². The molecule has 0 saturated carbocycles. The molecule has 0 aromatic heterocycles. The Balaban J connectivity index is 0. The molecule has 0 fully saturated rings. The number of carbonyl (C=O) groups excluding carboxylic acids is 4. The van der Waals surface area contributed by atoms with Crippen LogP contribution in [0.4, 0.5) is 0 Å². The molecule has 0 bridgehead atoms. The number of phenolic OH excluding ortho intramolecular Hbond substituents is 1. The maximum atomic E-state index is 13.5. The van der Waals surface area contributed by atoms with E-state index in [0.717, 1.165) is 13.8 Å². The number of hydrogen-bond donors (Lipinski definition) is 13. The van der Waals surface area contributed by atoms with Crippen molar-refractivity contribution in [2.45, 2.75) is 109 Å². The van der Waals surface area contributed by atoms with E-state index in [0.29, 0.717) is 31.4 Å². The summed E-state index contributed by atoms with van der Waals surface area (Å²) in [4.78, 5) is 98.2. The SMILES string of the molecule is CC(=O)O.CC(=O)O.CC(C)C(NC(=O)C(CCC(=O)O)NC(=O)C(CCCCN)NC(=O)C(N)CCCN=C(N)N)C(=O)NC(Cc1ccc(O)cc1)C(=O)O. The number of nitrogens with one attached hydrogen (secondary N) is 4. The Bertz CT molecular complexity index is 1470. The van der Waals surface area contributed by atoms with E-state index in [4.69, 9.17) is 42.7 Å². The Morgan fingerprint density at radius 3 is 1.65 bits per heavy atom. The minimum atomic E-state index is -1.44. The van der Waals surface area contributed by atoms with Crippen molar-refractivity contribution < 1.29 is 63.9 Å². The van der Waals surface area contributed by atoms with Crippen LogP contribution in [0, 0.1) is 5.92 Å². The Hall–Kier alpha value is -6.03. The molecule has 1 aromatic rings. The first kappa shape index (κ1) is 53.1. The van der Waals surface area contributed by atoms with E-state index in [-0.39, 0.29) is 43.9 Å². The standard InChI is InChI=1S/C31H51N9O9.2C2H4O2/c1-17(2)25(29(47)39-23(30(48)49)16-18-8-10-19(41)11-9-18)40-28(46)22(12-13-24(42)43)38-27(45)21(7-3-4-14-32)37-26(44)20(33)6-5-15-36-31(34)35;2*1-2(3)4/h8-11,17,20-23,25,41H,3-7,12-16,32-33H2,1-2H3,(H,37,44)(H,38,45)(H,39,47)(H,40,46)(H,42,43)(H,48,49)(H4,34,35,36);2*1H3,(H,3,4). The molecule has 0 aliphatic rings. The van der Waals surface area contributed by atoms with Gasteiger partial charge in [0, 0.05) is 33.2 Å². The van der Waals surface area contributed by atoms with Crippen LogP contribution in [0.15, 0.2) is 29.3 Å². The fourth-order valence-corrected chi connectivity index (χ4v) is 4.62. The number of unbranched alkanes of at least 4 members (excludes halogenated alkanes) is 1. The number of amides is 4. The van der Waals surface area contributed by atoms with Gasteiger partial charge in [-0.1, -0.05) is 26.0 Å². The molecule has 17 N–H and O–H groups in total. The van der Waals surface area contributed by atoms with E-state index in [1.165, 1.54) is 24.3 Å². The second kappa shape index (κ2) is 29.3. The van der Waals surface area contributed by atoms with Crippen LogP contribution in [0.5, 0.6) is 5.75 Å². The Morgan fingerprint density at radius 1 is 0.684 bits per heavy atom. The van der Waals surface area contributed by atoms with Crippen LogP contribution < -0.4 is 44.2 Å². The molecule has 5 unspecified atom stereocenters. The molecular formula is C35H59N9O13. The summed E-state index contributed by atoms with van der Waals surface area (Å²) in [7, 11) is 0. The van der Waals surface area contributed by atoms with Gasteiger partial charge in [-0.15, -0.1) is 0 Å². The predicted molar refractivity (Wildman–Crippen MR) is 206 cm³/mol. The monoisotopic (exact) mass is 813 g/mol. The summed E-state index contributed by atoms with van der Waals surface area (Å²) in [6.45, 7) is 5.95. The lowest BCUT2D eigenvalue weighted by molar-refractivity contribution is -0.142. The van der Waals surface area contributed by atoms with Crippen molar-refractivity contribution in [3.63, 3.8) is 0 Å². The van der Waals surface area contributed by atoms with E-state index in [9.17, 15) is 44.1 Å². The quantitative estimate of drug-likeness (QED) is 0.0328. The lowest BCUT2D eigenvalue weighted by atomic mass is 10.00. The first-order valence-electron chi connectivity index (χ1n) is 17.9. The molecule has 1 rings (SSSR count). The topological polar surface area (TPSA) is 402 Å². The van der Waals surface area contributed by atoms with Gasteiger partial charge in [-0.3, -0.25) is 38.6 Å². The van der Waals surface area contributed by atoms with Crippen LogP contribution in [-0.4, -0.2) is 122 Å². The first-order chi connectivity index (χ1) is 26.5. The third kappa shape index (κ3) is 27.2. The maximum Gasteiger partial charge on any atom is 0.326 e. The molecule has 0 spiro atoms. The molecule has 22 heteroatoms. The van der Waals surface area contributed by atoms with E-state index in [1.807, 2.05) is 0 Å². The van der Waals surface area contributed by atoms with E-state index in [1.54, 1.807) is 13.8 Å². The van der Waals surface area contributed by atoms with Crippen LogP contribution in [-0.2, 0) is 44.8 Å². The highest BCUT2D eigenvalue weighted by Crippen LogP contribution is 2.13. The van der Waals surface area contributed by atoms with Gasteiger partial charge in [0.25, 0.3) is 11.9 Å². The van der Waals surface area contributed by atoms with Crippen molar-refractivity contribution in [3.8, 4) is 5.75 Å². The smallest absolute Gasteiger partial charge is 0.326 e. The number of carboxylic acids is 4. The largest absolute Gasteiger partial charge is 0.508 e. The Kier molecular flexibility index (Phi) is 27.3. The summed E-state index contributed by atoms with van der Waals surface area (Å²) in [5.74, 6) is -8.06. The molecule has 5 atom stereocenters. The molecule has 22 nitrogen and oxygen atoms in total. The fourth-order valence-electron chi connectivity index (χ4n) is 4.62. The van der Waals surface area contributed by atoms with E-state index >= 15 is 0 Å². The average molecular weight is 814 g/mol. The maximum absolute atomic E-state index is 13.5. The van der Waals surface area contributed by atoms with E-state index in [2.05, 4.69) is 26.3 Å². The van der Waals surface area contributed by atoms with Gasteiger partial charge in [-0.2, -0.15) is 0 Å². The number of nitrogens with two attached hydrogens (primary N) is 4. The van der Waals surface area contributed by atoms with Crippen molar-refractivity contribution in [2.24, 2.45) is 33.8 Å². The van der Waals surface area contributed by atoms with Gasteiger partial charge in [0.2, 0.25) is 23.6 Å². The minimum absolute atomic E-state index is 0.0179. The summed E-state index contributed by atoms with van der Waals surface area (Å²) < 4.78 is 0. The summed E-state index contributed by atoms with van der Waals surface area (Å²) >= 11 is 0. The molecule has 57 heavy (non-hydrogen) atoms. The number of benzene rings is 1.